The Labute approximate surface area is 71.7 Å². The molecule has 1 aromatic heterocycles. The number of rotatable bonds is 2. The molecule has 0 amide bonds. The second-order valence-electron chi connectivity index (χ2n) is 2.79. The van der Waals surface area contributed by atoms with E-state index in [0.717, 1.165) is 12.0 Å². The Bertz CT molecular complexity index is 240. The Hall–Kier alpha value is -0.340. The van der Waals surface area contributed by atoms with E-state index >= 15 is 0 Å². The average molecular weight is 170 g/mol. The summed E-state index contributed by atoms with van der Waals surface area (Å²) >= 11 is 1.75. The molecular weight excluding hydrogens is 156 g/mol. The third kappa shape index (κ3) is 1.82. The van der Waals surface area contributed by atoms with Crippen molar-refractivity contribution in [1.29, 1.82) is 0 Å². The predicted molar refractivity (Wildman–Crippen MR) is 49.0 cm³/mol. The van der Waals surface area contributed by atoms with E-state index in [2.05, 4.69) is 19.9 Å². The Morgan fingerprint density at radius 2 is 2.18 bits per heavy atom. The Morgan fingerprint density at radius 1 is 1.55 bits per heavy atom. The minimum Gasteiger partial charge on any atom is -0.388 e. The molecule has 62 valence electrons. The Morgan fingerprint density at radius 3 is 2.55 bits per heavy atom. The molecule has 0 saturated heterocycles. The SMILES string of the molecule is CC[C@H](O)c1cc(C)sc1C. The molecule has 0 saturated carbocycles. The maximum Gasteiger partial charge on any atom is 0.0798 e. The summed E-state index contributed by atoms with van der Waals surface area (Å²) in [6.07, 6.45) is 0.539. The molecule has 1 heterocycles. The van der Waals surface area contributed by atoms with E-state index in [1.807, 2.05) is 6.92 Å². The zero-order chi connectivity index (χ0) is 8.43. The van der Waals surface area contributed by atoms with Gasteiger partial charge in [0.2, 0.25) is 0 Å². The molecule has 0 aliphatic heterocycles. The normalized spacial score (nSPS) is 13.5. The number of hydrogen-bond donors (Lipinski definition) is 1. The van der Waals surface area contributed by atoms with Crippen LogP contribution in [-0.2, 0) is 0 Å². The van der Waals surface area contributed by atoms with Crippen LogP contribution in [0, 0.1) is 13.8 Å². The first-order valence-electron chi connectivity index (χ1n) is 3.90. The third-order valence-corrected chi connectivity index (χ3v) is 2.81. The molecule has 0 bridgehead atoms. The second kappa shape index (κ2) is 3.37. The van der Waals surface area contributed by atoms with E-state index in [-0.39, 0.29) is 6.10 Å². The molecular formula is C9H14OS. The van der Waals surface area contributed by atoms with E-state index in [1.165, 1.54) is 9.75 Å². The van der Waals surface area contributed by atoms with Crippen LogP contribution >= 0.6 is 11.3 Å². The number of aliphatic hydroxyl groups excluding tert-OH is 1. The number of hydrogen-bond acceptors (Lipinski definition) is 2. The van der Waals surface area contributed by atoms with E-state index < -0.39 is 0 Å². The summed E-state index contributed by atoms with van der Waals surface area (Å²) in [6, 6.07) is 2.08. The van der Waals surface area contributed by atoms with Gasteiger partial charge in [0.25, 0.3) is 0 Å². The average Bonchev–Trinajstić information content (AvgIpc) is 2.28. The zero-order valence-electron chi connectivity index (χ0n) is 7.22. The monoisotopic (exact) mass is 170 g/mol. The summed E-state index contributed by atoms with van der Waals surface area (Å²) in [6.45, 7) is 6.13. The largest absolute Gasteiger partial charge is 0.388 e. The number of aliphatic hydroxyl groups is 1. The molecule has 1 atom stereocenters. The highest BCUT2D eigenvalue weighted by Gasteiger charge is 2.09. The van der Waals surface area contributed by atoms with Gasteiger partial charge in [0, 0.05) is 9.75 Å². The van der Waals surface area contributed by atoms with Gasteiger partial charge < -0.3 is 5.11 Å². The lowest BCUT2D eigenvalue weighted by atomic mass is 10.1. The quantitative estimate of drug-likeness (QED) is 0.723. The van der Waals surface area contributed by atoms with Crippen LogP contribution in [0.4, 0.5) is 0 Å². The van der Waals surface area contributed by atoms with Crippen LogP contribution in [0.3, 0.4) is 0 Å². The first-order chi connectivity index (χ1) is 5.15. The molecule has 0 aliphatic carbocycles. The summed E-state index contributed by atoms with van der Waals surface area (Å²) in [7, 11) is 0. The highest BCUT2D eigenvalue weighted by atomic mass is 32.1. The third-order valence-electron chi connectivity index (χ3n) is 1.83. The van der Waals surface area contributed by atoms with Crippen molar-refractivity contribution in [3.8, 4) is 0 Å². The van der Waals surface area contributed by atoms with E-state index in [9.17, 15) is 5.11 Å². The standard InChI is InChI=1S/C9H14OS/c1-4-9(10)8-5-6(2)11-7(8)3/h5,9-10H,4H2,1-3H3/t9-/m0/s1. The summed E-state index contributed by atoms with van der Waals surface area (Å²) in [5.74, 6) is 0. The smallest absolute Gasteiger partial charge is 0.0798 e. The minimum absolute atomic E-state index is 0.264. The van der Waals surface area contributed by atoms with Gasteiger partial charge in [0.05, 0.1) is 6.10 Å². The van der Waals surface area contributed by atoms with Crippen molar-refractivity contribution < 1.29 is 5.11 Å². The lowest BCUT2D eigenvalue weighted by Crippen LogP contribution is -1.93. The second-order valence-corrected chi connectivity index (χ2v) is 4.25. The molecule has 11 heavy (non-hydrogen) atoms. The van der Waals surface area contributed by atoms with Gasteiger partial charge in [-0.2, -0.15) is 0 Å². The maximum atomic E-state index is 9.53. The first-order valence-corrected chi connectivity index (χ1v) is 4.71. The molecule has 0 radical (unpaired) electrons. The van der Waals surface area contributed by atoms with Crippen LogP contribution in [0.2, 0.25) is 0 Å². The van der Waals surface area contributed by atoms with Crippen molar-refractivity contribution in [3.05, 3.63) is 21.4 Å². The number of thiophene rings is 1. The maximum absolute atomic E-state index is 9.53. The van der Waals surface area contributed by atoms with Crippen molar-refractivity contribution in [1.82, 2.24) is 0 Å². The van der Waals surface area contributed by atoms with Gasteiger partial charge in [0.15, 0.2) is 0 Å². The van der Waals surface area contributed by atoms with Gasteiger partial charge in [0.1, 0.15) is 0 Å². The number of aryl methyl sites for hydroxylation is 2. The summed E-state index contributed by atoms with van der Waals surface area (Å²) < 4.78 is 0. The fraction of sp³-hybridized carbons (Fsp3) is 0.556. The molecule has 0 aliphatic rings. The van der Waals surface area contributed by atoms with Crippen LogP contribution in [-0.4, -0.2) is 5.11 Å². The van der Waals surface area contributed by atoms with Gasteiger partial charge in [-0.25, -0.2) is 0 Å². The zero-order valence-corrected chi connectivity index (χ0v) is 8.03. The van der Waals surface area contributed by atoms with Gasteiger partial charge in [-0.1, -0.05) is 6.92 Å². The fourth-order valence-electron chi connectivity index (χ4n) is 1.20. The van der Waals surface area contributed by atoms with Crippen molar-refractivity contribution in [2.45, 2.75) is 33.3 Å². The molecule has 2 heteroatoms. The lowest BCUT2D eigenvalue weighted by molar-refractivity contribution is 0.173. The Kier molecular flexibility index (Phi) is 2.68. The van der Waals surface area contributed by atoms with Crippen LogP contribution < -0.4 is 0 Å². The molecule has 0 fully saturated rings. The van der Waals surface area contributed by atoms with Gasteiger partial charge in [-0.05, 0) is 31.9 Å². The van der Waals surface area contributed by atoms with Crippen LogP contribution in [0.1, 0.15) is 34.8 Å². The van der Waals surface area contributed by atoms with E-state index in [4.69, 9.17) is 0 Å². The fourth-order valence-corrected chi connectivity index (χ4v) is 2.18. The molecule has 1 aromatic rings. The van der Waals surface area contributed by atoms with Gasteiger partial charge in [-0.15, -0.1) is 11.3 Å². The molecule has 1 rings (SSSR count). The molecule has 1 nitrogen and oxygen atoms in total. The van der Waals surface area contributed by atoms with Crippen molar-refractivity contribution in [3.63, 3.8) is 0 Å². The summed E-state index contributed by atoms with van der Waals surface area (Å²) in [4.78, 5) is 2.53. The highest BCUT2D eigenvalue weighted by Crippen LogP contribution is 2.27. The Balaban J connectivity index is 2.93. The highest BCUT2D eigenvalue weighted by molar-refractivity contribution is 7.12. The predicted octanol–water partition coefficient (Wildman–Crippen LogP) is 2.81. The summed E-state index contributed by atoms with van der Waals surface area (Å²) in [5.41, 5.74) is 1.11. The molecule has 1 N–H and O–H groups in total. The van der Waals surface area contributed by atoms with E-state index in [1.54, 1.807) is 11.3 Å². The first kappa shape index (κ1) is 8.75. The topological polar surface area (TPSA) is 20.2 Å². The lowest BCUT2D eigenvalue weighted by Gasteiger charge is -2.05. The summed E-state index contributed by atoms with van der Waals surface area (Å²) in [5, 5.41) is 9.53. The van der Waals surface area contributed by atoms with Crippen molar-refractivity contribution in [2.24, 2.45) is 0 Å². The van der Waals surface area contributed by atoms with E-state index in [0.29, 0.717) is 0 Å². The van der Waals surface area contributed by atoms with Crippen LogP contribution in [0.5, 0.6) is 0 Å². The van der Waals surface area contributed by atoms with Crippen molar-refractivity contribution >= 4 is 11.3 Å². The van der Waals surface area contributed by atoms with Crippen LogP contribution in [0.25, 0.3) is 0 Å². The van der Waals surface area contributed by atoms with Crippen molar-refractivity contribution in [2.75, 3.05) is 0 Å². The van der Waals surface area contributed by atoms with Gasteiger partial charge >= 0.3 is 0 Å². The molecule has 0 spiro atoms. The molecule has 0 unspecified atom stereocenters. The minimum atomic E-state index is -0.264. The van der Waals surface area contributed by atoms with Gasteiger partial charge in [-0.3, -0.25) is 0 Å². The molecule has 0 aromatic carbocycles. The van der Waals surface area contributed by atoms with Crippen LogP contribution in [0.15, 0.2) is 6.07 Å².